The third kappa shape index (κ3) is 2.73. The maximum atomic E-state index is 12.7. The van der Waals surface area contributed by atoms with Gasteiger partial charge in [-0.05, 0) is 24.5 Å². The maximum absolute atomic E-state index is 12.7. The molecule has 0 amide bonds. The fourth-order valence-corrected chi connectivity index (χ4v) is 1.14. The van der Waals surface area contributed by atoms with Crippen molar-refractivity contribution in [3.8, 4) is 0 Å². The molecule has 62 valence electrons. The van der Waals surface area contributed by atoms with Crippen molar-refractivity contribution in [1.29, 1.82) is 0 Å². The fraction of sp³-hybridized carbons (Fsp3) is 0.143. The number of thioether (sulfide) groups is 1. The van der Waals surface area contributed by atoms with Crippen molar-refractivity contribution in [2.24, 2.45) is 0 Å². The van der Waals surface area contributed by atoms with Crippen LogP contribution in [0.3, 0.4) is 0 Å². The maximum Gasteiger partial charge on any atom is 0.138 e. The smallest absolute Gasteiger partial charge is 0.138 e. The van der Waals surface area contributed by atoms with Crippen molar-refractivity contribution in [2.45, 2.75) is 4.90 Å². The summed E-state index contributed by atoms with van der Waals surface area (Å²) in [5.41, 5.74) is 5.80. The minimum atomic E-state index is -0.243. The Morgan fingerprint density at radius 2 is 2.09 bits per heavy atom. The number of hydrogen-bond acceptors (Lipinski definition) is 2. The van der Waals surface area contributed by atoms with Gasteiger partial charge in [0.15, 0.2) is 0 Å². The molecule has 0 aliphatic rings. The van der Waals surface area contributed by atoms with Crippen molar-refractivity contribution >= 4 is 17.4 Å². The number of rotatable bonds is 1. The first kappa shape index (κ1) is 10.8. The van der Waals surface area contributed by atoms with Crippen LogP contribution in [0.2, 0.25) is 0 Å². The minimum absolute atomic E-state index is 0. The van der Waals surface area contributed by atoms with Gasteiger partial charge in [-0.15, -0.1) is 11.8 Å². The third-order valence-electron chi connectivity index (χ3n) is 1.18. The van der Waals surface area contributed by atoms with E-state index in [4.69, 9.17) is 5.73 Å². The molecule has 11 heavy (non-hydrogen) atoms. The molecule has 0 radical (unpaired) electrons. The van der Waals surface area contributed by atoms with Crippen molar-refractivity contribution in [3.63, 3.8) is 0 Å². The zero-order valence-corrected chi connectivity index (χ0v) is 7.87. The Labute approximate surface area is 80.0 Å². The number of anilines is 1. The minimum Gasteiger partial charge on any atom is -0.399 e. The van der Waals surface area contributed by atoms with Gasteiger partial charge in [0, 0.05) is 27.7 Å². The van der Waals surface area contributed by atoms with Gasteiger partial charge in [0.05, 0.1) is 0 Å². The second-order valence-corrected chi connectivity index (χ2v) is 2.74. The van der Waals surface area contributed by atoms with E-state index in [-0.39, 0.29) is 22.9 Å². The first-order chi connectivity index (χ1) is 4.74. The van der Waals surface area contributed by atoms with Gasteiger partial charge < -0.3 is 5.73 Å². The van der Waals surface area contributed by atoms with E-state index in [1.807, 2.05) is 6.26 Å². The van der Waals surface area contributed by atoms with Crippen LogP contribution in [0.1, 0.15) is 0 Å². The van der Waals surface area contributed by atoms with E-state index in [0.29, 0.717) is 10.6 Å². The van der Waals surface area contributed by atoms with Crippen LogP contribution in [0.4, 0.5) is 10.1 Å². The van der Waals surface area contributed by atoms with Crippen LogP contribution in [0, 0.1) is 5.82 Å². The summed E-state index contributed by atoms with van der Waals surface area (Å²) in [4.78, 5) is 0.634. The van der Waals surface area contributed by atoms with E-state index in [0.717, 1.165) is 0 Å². The second-order valence-electron chi connectivity index (χ2n) is 1.89. The van der Waals surface area contributed by atoms with Crippen LogP contribution in [-0.4, -0.2) is 6.26 Å². The average Bonchev–Trinajstić information content (AvgIpc) is 1.88. The molecule has 0 aliphatic heterocycles. The molecule has 1 nitrogen and oxygen atoms in total. The van der Waals surface area contributed by atoms with Gasteiger partial charge in [0.2, 0.25) is 0 Å². The first-order valence-electron chi connectivity index (χ1n) is 2.83. The monoisotopic (exact) mass is 213 g/mol. The second kappa shape index (κ2) is 4.65. The Bertz CT molecular complexity index is 242. The summed E-state index contributed by atoms with van der Waals surface area (Å²) in [6.45, 7) is 0. The molecule has 0 unspecified atom stereocenters. The molecule has 0 atom stereocenters. The normalized spacial score (nSPS) is 8.91. The number of nitrogen functional groups attached to an aromatic ring is 1. The number of halogens is 1. The Morgan fingerprint density at radius 1 is 1.45 bits per heavy atom. The summed E-state index contributed by atoms with van der Waals surface area (Å²) in [7, 11) is 0. The zero-order valence-electron chi connectivity index (χ0n) is 5.95. The predicted molar refractivity (Wildman–Crippen MR) is 42.6 cm³/mol. The van der Waals surface area contributed by atoms with Crippen LogP contribution in [0.5, 0.6) is 0 Å². The molecular formula is C7H8FFeNS. The van der Waals surface area contributed by atoms with Crippen LogP contribution < -0.4 is 5.73 Å². The number of hydrogen-bond donors (Lipinski definition) is 1. The molecule has 1 aromatic carbocycles. The Hall–Kier alpha value is -0.181. The summed E-state index contributed by atoms with van der Waals surface area (Å²) in [6.07, 6.45) is 1.83. The van der Waals surface area contributed by atoms with Gasteiger partial charge in [-0.3, -0.25) is 0 Å². The van der Waals surface area contributed by atoms with Crippen molar-refractivity contribution in [2.75, 3.05) is 12.0 Å². The topological polar surface area (TPSA) is 26.0 Å². The van der Waals surface area contributed by atoms with Crippen LogP contribution in [0.25, 0.3) is 0 Å². The van der Waals surface area contributed by atoms with Crippen molar-refractivity contribution in [3.05, 3.63) is 24.0 Å². The third-order valence-corrected chi connectivity index (χ3v) is 1.95. The molecule has 4 heteroatoms. The molecule has 0 bridgehead atoms. The number of benzene rings is 1. The van der Waals surface area contributed by atoms with E-state index in [9.17, 15) is 4.39 Å². The van der Waals surface area contributed by atoms with Gasteiger partial charge in [-0.1, -0.05) is 0 Å². The number of nitrogens with two attached hydrogens (primary N) is 1. The van der Waals surface area contributed by atoms with Crippen LogP contribution in [0.15, 0.2) is 23.1 Å². The Morgan fingerprint density at radius 3 is 2.55 bits per heavy atom. The molecule has 1 rings (SSSR count). The summed E-state index contributed by atoms with van der Waals surface area (Å²) >= 11 is 1.37. The summed E-state index contributed by atoms with van der Waals surface area (Å²) in [5.74, 6) is -0.243. The molecule has 1 aromatic rings. The molecule has 0 saturated heterocycles. The SMILES string of the molecule is CSc1ccc(N)cc1F.[Fe]. The van der Waals surface area contributed by atoms with Crippen LogP contribution >= 0.6 is 11.8 Å². The zero-order chi connectivity index (χ0) is 7.56. The summed E-state index contributed by atoms with van der Waals surface area (Å²) in [5, 5.41) is 0. The largest absolute Gasteiger partial charge is 0.399 e. The van der Waals surface area contributed by atoms with Gasteiger partial charge >= 0.3 is 0 Å². The Balaban J connectivity index is 0.000001000. The standard InChI is InChI=1S/C7H8FNS.Fe/c1-10-7-3-2-5(9)4-6(7)8;/h2-4H,9H2,1H3;. The van der Waals surface area contributed by atoms with Gasteiger partial charge in [0.25, 0.3) is 0 Å². The van der Waals surface area contributed by atoms with E-state index in [2.05, 4.69) is 0 Å². The van der Waals surface area contributed by atoms with E-state index in [1.54, 1.807) is 12.1 Å². The molecule has 0 saturated carbocycles. The molecule has 0 fully saturated rings. The molecule has 0 aliphatic carbocycles. The van der Waals surface area contributed by atoms with E-state index < -0.39 is 0 Å². The first-order valence-corrected chi connectivity index (χ1v) is 4.05. The quantitative estimate of drug-likeness (QED) is 0.439. The van der Waals surface area contributed by atoms with E-state index >= 15 is 0 Å². The molecule has 0 aromatic heterocycles. The average molecular weight is 213 g/mol. The van der Waals surface area contributed by atoms with Crippen molar-refractivity contribution < 1.29 is 21.5 Å². The predicted octanol–water partition coefficient (Wildman–Crippen LogP) is 2.13. The van der Waals surface area contributed by atoms with E-state index in [1.165, 1.54) is 17.8 Å². The van der Waals surface area contributed by atoms with Gasteiger partial charge in [-0.2, -0.15) is 0 Å². The molecular weight excluding hydrogens is 205 g/mol. The van der Waals surface area contributed by atoms with Gasteiger partial charge in [0.1, 0.15) is 5.82 Å². The summed E-state index contributed by atoms with van der Waals surface area (Å²) < 4.78 is 12.7. The summed E-state index contributed by atoms with van der Waals surface area (Å²) in [6, 6.07) is 4.69. The molecule has 2 N–H and O–H groups in total. The fourth-order valence-electron chi connectivity index (χ4n) is 0.683. The molecule has 0 heterocycles. The van der Waals surface area contributed by atoms with Gasteiger partial charge in [-0.25, -0.2) is 4.39 Å². The molecule has 0 spiro atoms. The van der Waals surface area contributed by atoms with Crippen molar-refractivity contribution in [1.82, 2.24) is 0 Å². The Kier molecular flexibility index (Phi) is 4.57. The van der Waals surface area contributed by atoms with Crippen LogP contribution in [-0.2, 0) is 17.1 Å².